The average Bonchev–Trinajstić information content (AvgIpc) is 2.79. The molecule has 3 atom stereocenters. The molecule has 3 heteroatoms. The number of β-amino-alcohol motifs (C(OH)–C–C–N with tert-alkyl or cyclic N) is 1. The molecular formula is C18H30N2O. The lowest BCUT2D eigenvalue weighted by molar-refractivity contribution is 0.0660. The second-order valence-corrected chi connectivity index (χ2v) is 6.80. The number of nitrogens with zero attached hydrogens (tertiary/aromatic N) is 1. The van der Waals surface area contributed by atoms with Crippen LogP contribution in [0.5, 0.6) is 0 Å². The van der Waals surface area contributed by atoms with Crippen LogP contribution in [-0.2, 0) is 0 Å². The molecule has 0 radical (unpaired) electrons. The molecule has 0 aliphatic carbocycles. The first-order valence-corrected chi connectivity index (χ1v) is 8.25. The number of aliphatic hydroxyl groups is 1. The zero-order valence-electron chi connectivity index (χ0n) is 13.7. The monoisotopic (exact) mass is 290 g/mol. The summed E-state index contributed by atoms with van der Waals surface area (Å²) in [5.74, 6) is 0.521. The Balaban J connectivity index is 1.99. The van der Waals surface area contributed by atoms with Crippen molar-refractivity contribution in [2.75, 3.05) is 26.2 Å². The maximum atomic E-state index is 10.1. The van der Waals surface area contributed by atoms with E-state index in [4.69, 9.17) is 0 Å². The quantitative estimate of drug-likeness (QED) is 0.810. The Bertz CT molecular complexity index is 418. The zero-order chi connectivity index (χ0) is 15.3. The van der Waals surface area contributed by atoms with Gasteiger partial charge in [-0.1, -0.05) is 44.2 Å². The summed E-state index contributed by atoms with van der Waals surface area (Å²) in [5, 5.41) is 13.8. The Morgan fingerprint density at radius 1 is 1.33 bits per heavy atom. The number of hydrogen-bond acceptors (Lipinski definition) is 3. The van der Waals surface area contributed by atoms with Crippen LogP contribution in [0.1, 0.15) is 45.2 Å². The van der Waals surface area contributed by atoms with Crippen molar-refractivity contribution in [3.05, 3.63) is 35.9 Å². The van der Waals surface area contributed by atoms with E-state index in [1.165, 1.54) is 5.56 Å². The summed E-state index contributed by atoms with van der Waals surface area (Å²) < 4.78 is 0. The SMILES string of the molecule is CCCNC(c1ccccc1)C(C)CN1CCC(C)(O)C1. The minimum atomic E-state index is -0.501. The Hall–Kier alpha value is -0.900. The summed E-state index contributed by atoms with van der Waals surface area (Å²) in [7, 11) is 0. The summed E-state index contributed by atoms with van der Waals surface area (Å²) in [6.45, 7) is 10.3. The molecule has 0 bridgehead atoms. The molecule has 0 aromatic heterocycles. The van der Waals surface area contributed by atoms with Gasteiger partial charge in [0.05, 0.1) is 5.60 Å². The molecule has 118 valence electrons. The van der Waals surface area contributed by atoms with E-state index >= 15 is 0 Å². The standard InChI is InChI=1S/C18H30N2O/c1-4-11-19-17(16-8-6-5-7-9-16)15(2)13-20-12-10-18(3,21)14-20/h5-9,15,17,19,21H,4,10-14H2,1-3H3. The molecule has 2 N–H and O–H groups in total. The number of hydrogen-bond donors (Lipinski definition) is 2. The molecule has 2 rings (SSSR count). The van der Waals surface area contributed by atoms with Crippen LogP contribution in [0.2, 0.25) is 0 Å². The lowest BCUT2D eigenvalue weighted by Gasteiger charge is -2.29. The van der Waals surface area contributed by atoms with Crippen LogP contribution in [0.25, 0.3) is 0 Å². The van der Waals surface area contributed by atoms with Gasteiger partial charge >= 0.3 is 0 Å². The predicted octanol–water partition coefficient (Wildman–Crippen LogP) is 2.82. The minimum absolute atomic E-state index is 0.386. The summed E-state index contributed by atoms with van der Waals surface area (Å²) >= 11 is 0. The van der Waals surface area contributed by atoms with Gasteiger partial charge in [-0.15, -0.1) is 0 Å². The minimum Gasteiger partial charge on any atom is -0.389 e. The molecule has 1 saturated heterocycles. The Labute approximate surface area is 129 Å². The van der Waals surface area contributed by atoms with Gasteiger partial charge in [-0.2, -0.15) is 0 Å². The van der Waals surface area contributed by atoms with E-state index in [9.17, 15) is 5.11 Å². The molecule has 1 aliphatic heterocycles. The molecule has 3 nitrogen and oxygen atoms in total. The van der Waals surface area contributed by atoms with E-state index < -0.39 is 5.60 Å². The summed E-state index contributed by atoms with van der Waals surface area (Å²) in [6, 6.07) is 11.1. The van der Waals surface area contributed by atoms with Crippen LogP contribution in [0, 0.1) is 5.92 Å². The highest BCUT2D eigenvalue weighted by molar-refractivity contribution is 5.19. The van der Waals surface area contributed by atoms with Gasteiger partial charge in [0, 0.05) is 25.7 Å². The third kappa shape index (κ3) is 4.80. The van der Waals surface area contributed by atoms with Gasteiger partial charge in [0.2, 0.25) is 0 Å². The lowest BCUT2D eigenvalue weighted by atomic mass is 9.93. The van der Waals surface area contributed by atoms with E-state index in [1.54, 1.807) is 0 Å². The fourth-order valence-electron chi connectivity index (χ4n) is 3.32. The van der Waals surface area contributed by atoms with Crippen LogP contribution in [0.3, 0.4) is 0 Å². The highest BCUT2D eigenvalue weighted by Crippen LogP contribution is 2.26. The normalized spacial score (nSPS) is 25.9. The van der Waals surface area contributed by atoms with E-state index in [2.05, 4.69) is 54.4 Å². The molecule has 21 heavy (non-hydrogen) atoms. The number of nitrogens with one attached hydrogen (secondary N) is 1. The molecular weight excluding hydrogens is 260 g/mol. The molecule has 1 aliphatic rings. The largest absolute Gasteiger partial charge is 0.389 e. The molecule has 1 aromatic carbocycles. The van der Waals surface area contributed by atoms with Crippen molar-refractivity contribution in [1.29, 1.82) is 0 Å². The van der Waals surface area contributed by atoms with E-state index in [0.717, 1.165) is 39.0 Å². The van der Waals surface area contributed by atoms with Crippen molar-refractivity contribution in [3.8, 4) is 0 Å². The number of benzene rings is 1. The second-order valence-electron chi connectivity index (χ2n) is 6.80. The molecule has 3 unspecified atom stereocenters. The first-order chi connectivity index (χ1) is 10.0. The third-order valence-corrected chi connectivity index (χ3v) is 4.42. The van der Waals surface area contributed by atoms with Crippen molar-refractivity contribution in [2.45, 2.75) is 45.3 Å². The van der Waals surface area contributed by atoms with Gasteiger partial charge in [0.25, 0.3) is 0 Å². The summed E-state index contributed by atoms with van der Waals surface area (Å²) in [5.41, 5.74) is 0.864. The Morgan fingerprint density at radius 3 is 2.62 bits per heavy atom. The smallest absolute Gasteiger partial charge is 0.0758 e. The molecule has 1 aromatic rings. The molecule has 1 fully saturated rings. The van der Waals surface area contributed by atoms with E-state index in [-0.39, 0.29) is 0 Å². The Morgan fingerprint density at radius 2 is 2.05 bits per heavy atom. The van der Waals surface area contributed by atoms with Crippen LogP contribution in [0.15, 0.2) is 30.3 Å². The van der Waals surface area contributed by atoms with Gasteiger partial charge in [-0.05, 0) is 37.8 Å². The maximum Gasteiger partial charge on any atom is 0.0758 e. The van der Waals surface area contributed by atoms with Crippen LogP contribution in [0.4, 0.5) is 0 Å². The van der Waals surface area contributed by atoms with Gasteiger partial charge in [0.15, 0.2) is 0 Å². The van der Waals surface area contributed by atoms with Crippen LogP contribution >= 0.6 is 0 Å². The first kappa shape index (κ1) is 16.5. The zero-order valence-corrected chi connectivity index (χ0v) is 13.7. The number of likely N-dealkylation sites (tertiary alicyclic amines) is 1. The molecule has 0 amide bonds. The predicted molar refractivity (Wildman–Crippen MR) is 88.3 cm³/mol. The maximum absolute atomic E-state index is 10.1. The topological polar surface area (TPSA) is 35.5 Å². The third-order valence-electron chi connectivity index (χ3n) is 4.42. The van der Waals surface area contributed by atoms with Crippen LogP contribution < -0.4 is 5.32 Å². The van der Waals surface area contributed by atoms with E-state index in [0.29, 0.717) is 12.0 Å². The highest BCUT2D eigenvalue weighted by atomic mass is 16.3. The van der Waals surface area contributed by atoms with Crippen LogP contribution in [-0.4, -0.2) is 41.8 Å². The van der Waals surface area contributed by atoms with Gasteiger partial charge < -0.3 is 15.3 Å². The van der Waals surface area contributed by atoms with Crippen molar-refractivity contribution >= 4 is 0 Å². The summed E-state index contributed by atoms with van der Waals surface area (Å²) in [6.07, 6.45) is 2.03. The molecule has 0 saturated carbocycles. The number of rotatable bonds is 7. The highest BCUT2D eigenvalue weighted by Gasteiger charge is 2.32. The molecule has 1 heterocycles. The molecule has 0 spiro atoms. The first-order valence-electron chi connectivity index (χ1n) is 8.25. The fraction of sp³-hybridized carbons (Fsp3) is 0.667. The van der Waals surface area contributed by atoms with Gasteiger partial charge in [-0.25, -0.2) is 0 Å². The van der Waals surface area contributed by atoms with Crippen molar-refractivity contribution < 1.29 is 5.11 Å². The Kier molecular flexibility index (Phi) is 5.80. The fourth-order valence-corrected chi connectivity index (χ4v) is 3.32. The van der Waals surface area contributed by atoms with E-state index in [1.807, 2.05) is 6.92 Å². The lowest BCUT2D eigenvalue weighted by Crippen LogP contribution is -2.37. The van der Waals surface area contributed by atoms with Crippen molar-refractivity contribution in [1.82, 2.24) is 10.2 Å². The van der Waals surface area contributed by atoms with Crippen molar-refractivity contribution in [3.63, 3.8) is 0 Å². The van der Waals surface area contributed by atoms with Gasteiger partial charge in [0.1, 0.15) is 0 Å². The summed E-state index contributed by atoms with van der Waals surface area (Å²) in [4.78, 5) is 2.40. The van der Waals surface area contributed by atoms with Gasteiger partial charge in [-0.3, -0.25) is 0 Å². The van der Waals surface area contributed by atoms with Crippen molar-refractivity contribution in [2.24, 2.45) is 5.92 Å². The second kappa shape index (κ2) is 7.39. The average molecular weight is 290 g/mol.